The second kappa shape index (κ2) is 6.60. The van der Waals surface area contributed by atoms with E-state index in [1.165, 1.54) is 6.07 Å². The number of rotatable bonds is 3. The van der Waals surface area contributed by atoms with Crippen molar-refractivity contribution in [2.75, 3.05) is 0 Å². The molecule has 0 saturated heterocycles. The summed E-state index contributed by atoms with van der Waals surface area (Å²) in [4.78, 5) is 12.5. The van der Waals surface area contributed by atoms with Gasteiger partial charge in [0.1, 0.15) is 17.0 Å². The molecule has 0 aliphatic rings. The van der Waals surface area contributed by atoms with E-state index in [1.807, 2.05) is 37.5 Å². The lowest BCUT2D eigenvalue weighted by atomic mass is 10.0. The van der Waals surface area contributed by atoms with E-state index in [-0.39, 0.29) is 5.82 Å². The van der Waals surface area contributed by atoms with Gasteiger partial charge in [0, 0.05) is 41.5 Å². The monoisotopic (exact) mass is 409 g/mol. The van der Waals surface area contributed by atoms with Crippen LogP contribution in [0.25, 0.3) is 55.7 Å². The van der Waals surface area contributed by atoms with Crippen LogP contribution >= 0.6 is 0 Å². The topological polar surface area (TPSA) is 88.1 Å². The number of benzene rings is 1. The first-order valence-electron chi connectivity index (χ1n) is 9.73. The van der Waals surface area contributed by atoms with Gasteiger partial charge in [-0.2, -0.15) is 10.2 Å². The number of aromatic nitrogens is 7. The molecule has 0 amide bonds. The summed E-state index contributed by atoms with van der Waals surface area (Å²) in [6.07, 6.45) is 7.11. The summed E-state index contributed by atoms with van der Waals surface area (Å²) in [5.74, 6) is -0.285. The highest BCUT2D eigenvalue weighted by atomic mass is 19.1. The molecule has 0 aliphatic carbocycles. The third kappa shape index (κ3) is 2.80. The van der Waals surface area contributed by atoms with Crippen LogP contribution in [0, 0.1) is 5.82 Å². The molecule has 6 aromatic rings. The first kappa shape index (κ1) is 17.5. The molecule has 0 radical (unpaired) electrons. The zero-order chi connectivity index (χ0) is 20.9. The van der Waals surface area contributed by atoms with E-state index < -0.39 is 0 Å². The van der Waals surface area contributed by atoms with Crippen LogP contribution in [-0.2, 0) is 7.05 Å². The molecule has 150 valence electrons. The normalized spacial score (nSPS) is 11.5. The minimum atomic E-state index is -0.285. The Labute approximate surface area is 175 Å². The molecule has 0 fully saturated rings. The Morgan fingerprint density at radius 1 is 0.968 bits per heavy atom. The molecule has 5 heterocycles. The van der Waals surface area contributed by atoms with Gasteiger partial charge in [0.25, 0.3) is 0 Å². The molecule has 0 saturated carbocycles. The fourth-order valence-electron chi connectivity index (χ4n) is 3.87. The molecule has 5 aromatic heterocycles. The second-order valence-corrected chi connectivity index (χ2v) is 7.38. The Bertz CT molecular complexity index is 1570. The summed E-state index contributed by atoms with van der Waals surface area (Å²) in [5.41, 5.74) is 6.82. The molecule has 31 heavy (non-hydrogen) atoms. The van der Waals surface area contributed by atoms with E-state index >= 15 is 0 Å². The average Bonchev–Trinajstić information content (AvgIpc) is 3.50. The number of nitrogens with zero attached hydrogens (tertiary/aromatic N) is 5. The Kier molecular flexibility index (Phi) is 3.73. The van der Waals surface area contributed by atoms with Gasteiger partial charge in [-0.25, -0.2) is 9.37 Å². The number of pyridine rings is 2. The number of halogens is 1. The molecule has 2 N–H and O–H groups in total. The van der Waals surface area contributed by atoms with Crippen LogP contribution in [0.15, 0.2) is 67.3 Å². The molecule has 0 aliphatic heterocycles. The lowest BCUT2D eigenvalue weighted by molar-refractivity contribution is 0.631. The number of hydrogen-bond donors (Lipinski definition) is 2. The molecule has 0 atom stereocenters. The summed E-state index contributed by atoms with van der Waals surface area (Å²) in [6.45, 7) is 0. The molecule has 1 aromatic carbocycles. The molecular formula is C23H16FN7. The zero-order valence-corrected chi connectivity index (χ0v) is 16.5. The van der Waals surface area contributed by atoms with Crippen LogP contribution in [0.4, 0.5) is 4.39 Å². The lowest BCUT2D eigenvalue weighted by Crippen LogP contribution is -1.86. The van der Waals surface area contributed by atoms with E-state index in [4.69, 9.17) is 4.98 Å². The predicted molar refractivity (Wildman–Crippen MR) is 117 cm³/mol. The van der Waals surface area contributed by atoms with Crippen LogP contribution in [-0.4, -0.2) is 34.9 Å². The summed E-state index contributed by atoms with van der Waals surface area (Å²) in [7, 11) is 1.87. The maximum atomic E-state index is 14.4. The Hall–Kier alpha value is -4.33. The number of aromatic amines is 2. The van der Waals surface area contributed by atoms with Crippen molar-refractivity contribution in [2.45, 2.75) is 0 Å². The van der Waals surface area contributed by atoms with Crippen molar-refractivity contribution in [2.24, 2.45) is 7.05 Å². The first-order valence-corrected chi connectivity index (χ1v) is 9.73. The molecular weight excluding hydrogens is 393 g/mol. The van der Waals surface area contributed by atoms with E-state index in [1.54, 1.807) is 35.4 Å². The highest BCUT2D eigenvalue weighted by molar-refractivity contribution is 6.00. The number of hydrogen-bond acceptors (Lipinski definition) is 4. The lowest BCUT2D eigenvalue weighted by Gasteiger charge is -2.03. The van der Waals surface area contributed by atoms with Crippen LogP contribution in [0.5, 0.6) is 0 Å². The quantitative estimate of drug-likeness (QED) is 0.443. The van der Waals surface area contributed by atoms with Gasteiger partial charge >= 0.3 is 0 Å². The van der Waals surface area contributed by atoms with Gasteiger partial charge in [-0.3, -0.25) is 14.8 Å². The summed E-state index contributed by atoms with van der Waals surface area (Å²) < 4.78 is 16.2. The molecule has 8 heteroatoms. The van der Waals surface area contributed by atoms with Crippen molar-refractivity contribution < 1.29 is 4.39 Å². The molecule has 7 nitrogen and oxygen atoms in total. The Morgan fingerprint density at radius 3 is 2.71 bits per heavy atom. The third-order valence-corrected chi connectivity index (χ3v) is 5.37. The first-order chi connectivity index (χ1) is 15.2. The Balaban J connectivity index is 1.52. The third-order valence-electron chi connectivity index (χ3n) is 5.37. The van der Waals surface area contributed by atoms with Crippen molar-refractivity contribution in [1.29, 1.82) is 0 Å². The van der Waals surface area contributed by atoms with E-state index in [0.29, 0.717) is 11.3 Å². The molecule has 0 unspecified atom stereocenters. The smallest absolute Gasteiger partial charge is 0.135 e. The van der Waals surface area contributed by atoms with Crippen molar-refractivity contribution in [3.05, 3.63) is 73.1 Å². The van der Waals surface area contributed by atoms with Gasteiger partial charge in [-0.05, 0) is 24.3 Å². The van der Waals surface area contributed by atoms with Gasteiger partial charge in [0.15, 0.2) is 0 Å². The summed E-state index contributed by atoms with van der Waals surface area (Å²) >= 11 is 0. The van der Waals surface area contributed by atoms with Gasteiger partial charge < -0.3 is 4.98 Å². The fourth-order valence-corrected chi connectivity index (χ4v) is 3.87. The highest BCUT2D eigenvalue weighted by Gasteiger charge is 2.16. The second-order valence-electron chi connectivity index (χ2n) is 7.38. The van der Waals surface area contributed by atoms with Gasteiger partial charge in [-0.1, -0.05) is 18.2 Å². The molecule has 0 spiro atoms. The minimum Gasteiger partial charge on any atom is -0.352 e. The predicted octanol–water partition coefficient (Wildman–Crippen LogP) is 4.71. The standard InChI is InChI=1S/C23H16FN7/c1-31-12-13(9-26-31)18-6-7-19-22(28-18)23(30-29-19)20-8-15-16(10-25-11-21(15)27-20)14-4-2-3-5-17(14)24/h2-12,27H,1H3,(H,29,30). The largest absolute Gasteiger partial charge is 0.352 e. The average molecular weight is 409 g/mol. The van der Waals surface area contributed by atoms with Crippen molar-refractivity contribution >= 4 is 21.9 Å². The number of fused-ring (bicyclic) bond motifs is 2. The summed E-state index contributed by atoms with van der Waals surface area (Å²) in [6, 6.07) is 12.6. The number of aryl methyl sites for hydroxylation is 1. The van der Waals surface area contributed by atoms with Gasteiger partial charge in [-0.15, -0.1) is 0 Å². The van der Waals surface area contributed by atoms with E-state index in [9.17, 15) is 4.39 Å². The number of H-pyrrole nitrogens is 2. The van der Waals surface area contributed by atoms with Crippen LogP contribution in [0.2, 0.25) is 0 Å². The van der Waals surface area contributed by atoms with Crippen LogP contribution in [0.3, 0.4) is 0 Å². The van der Waals surface area contributed by atoms with Crippen molar-refractivity contribution in [3.63, 3.8) is 0 Å². The van der Waals surface area contributed by atoms with E-state index in [0.717, 1.165) is 44.5 Å². The molecule has 6 rings (SSSR count). The SMILES string of the molecule is Cn1cc(-c2ccc3[nH]nc(-c4cc5c(-c6ccccc6F)cncc5[nH]4)c3n2)cn1. The van der Waals surface area contributed by atoms with Gasteiger partial charge in [0.2, 0.25) is 0 Å². The zero-order valence-electron chi connectivity index (χ0n) is 16.5. The summed E-state index contributed by atoms with van der Waals surface area (Å²) in [5, 5.41) is 12.6. The minimum absolute atomic E-state index is 0.285. The maximum absolute atomic E-state index is 14.4. The van der Waals surface area contributed by atoms with Crippen LogP contribution in [0.1, 0.15) is 0 Å². The maximum Gasteiger partial charge on any atom is 0.135 e. The molecule has 0 bridgehead atoms. The number of nitrogens with one attached hydrogen (secondary N) is 2. The van der Waals surface area contributed by atoms with Crippen molar-refractivity contribution in [1.82, 2.24) is 34.9 Å². The van der Waals surface area contributed by atoms with E-state index in [2.05, 4.69) is 25.3 Å². The fraction of sp³-hybridized carbons (Fsp3) is 0.0435. The Morgan fingerprint density at radius 2 is 1.87 bits per heavy atom. The highest BCUT2D eigenvalue weighted by Crippen LogP contribution is 2.34. The van der Waals surface area contributed by atoms with Crippen LogP contribution < -0.4 is 0 Å². The van der Waals surface area contributed by atoms with Gasteiger partial charge in [0.05, 0.1) is 34.8 Å². The van der Waals surface area contributed by atoms with Crippen molar-refractivity contribution in [3.8, 4) is 33.8 Å².